The van der Waals surface area contributed by atoms with E-state index in [0.29, 0.717) is 11.6 Å². The summed E-state index contributed by atoms with van der Waals surface area (Å²) in [6.45, 7) is 6.30. The van der Waals surface area contributed by atoms with Gasteiger partial charge in [0.25, 0.3) is 0 Å². The largest absolute Gasteiger partial charge is 0.504 e. The molecule has 5 nitrogen and oxygen atoms in total. The van der Waals surface area contributed by atoms with Gasteiger partial charge in [-0.25, -0.2) is 9.97 Å². The Morgan fingerprint density at radius 3 is 2.38 bits per heavy atom. The van der Waals surface area contributed by atoms with Crippen LogP contribution in [0.5, 0.6) is 11.5 Å². The monoisotopic (exact) mass is 287 g/mol. The van der Waals surface area contributed by atoms with Gasteiger partial charge in [0.2, 0.25) is 0 Å². The molecule has 2 rings (SSSR count). The van der Waals surface area contributed by atoms with Crippen LogP contribution in [0.3, 0.4) is 0 Å². The SMILES string of the molecule is CNc1cc(C(C)(C)C)nc(-c2ccc(OC)c(O)c2)n1. The van der Waals surface area contributed by atoms with E-state index in [1.807, 2.05) is 19.2 Å². The zero-order valence-electron chi connectivity index (χ0n) is 13.1. The van der Waals surface area contributed by atoms with E-state index >= 15 is 0 Å². The standard InChI is InChI=1S/C16H21N3O2/c1-16(2,3)13-9-14(17-4)19-15(18-13)10-6-7-12(21-5)11(20)8-10/h6-9,20H,1-5H3,(H,17,18,19). The van der Waals surface area contributed by atoms with E-state index < -0.39 is 0 Å². The highest BCUT2D eigenvalue weighted by Gasteiger charge is 2.18. The quantitative estimate of drug-likeness (QED) is 0.907. The number of nitrogens with zero attached hydrogens (tertiary/aromatic N) is 2. The molecule has 5 heteroatoms. The van der Waals surface area contributed by atoms with Crippen LogP contribution in [0.2, 0.25) is 0 Å². The van der Waals surface area contributed by atoms with Crippen LogP contribution in [0.4, 0.5) is 5.82 Å². The highest BCUT2D eigenvalue weighted by molar-refractivity contribution is 5.62. The van der Waals surface area contributed by atoms with E-state index in [2.05, 4.69) is 36.1 Å². The minimum Gasteiger partial charge on any atom is -0.504 e. The van der Waals surface area contributed by atoms with Crippen LogP contribution in [-0.2, 0) is 5.41 Å². The molecule has 1 heterocycles. The molecule has 1 aromatic heterocycles. The number of nitrogens with one attached hydrogen (secondary N) is 1. The molecule has 0 aliphatic heterocycles. The molecule has 0 unspecified atom stereocenters. The van der Waals surface area contributed by atoms with E-state index in [1.54, 1.807) is 12.1 Å². The van der Waals surface area contributed by atoms with Gasteiger partial charge >= 0.3 is 0 Å². The van der Waals surface area contributed by atoms with Gasteiger partial charge in [0.1, 0.15) is 5.82 Å². The van der Waals surface area contributed by atoms with Gasteiger partial charge in [-0.1, -0.05) is 20.8 Å². The molecule has 0 atom stereocenters. The molecule has 2 aromatic rings. The fraction of sp³-hybridized carbons (Fsp3) is 0.375. The zero-order chi connectivity index (χ0) is 15.6. The average Bonchev–Trinajstić information content (AvgIpc) is 2.45. The molecule has 21 heavy (non-hydrogen) atoms. The Hall–Kier alpha value is -2.30. The number of hydrogen-bond donors (Lipinski definition) is 2. The summed E-state index contributed by atoms with van der Waals surface area (Å²) in [5.74, 6) is 1.83. The first-order chi connectivity index (χ1) is 9.85. The summed E-state index contributed by atoms with van der Waals surface area (Å²) < 4.78 is 5.06. The van der Waals surface area contributed by atoms with Crippen molar-refractivity contribution in [1.82, 2.24) is 9.97 Å². The van der Waals surface area contributed by atoms with E-state index in [4.69, 9.17) is 4.74 Å². The third-order valence-electron chi connectivity index (χ3n) is 3.19. The lowest BCUT2D eigenvalue weighted by Crippen LogP contribution is -2.15. The van der Waals surface area contributed by atoms with Gasteiger partial charge in [-0.05, 0) is 18.2 Å². The van der Waals surface area contributed by atoms with Crippen LogP contribution in [0.1, 0.15) is 26.5 Å². The molecule has 1 aromatic carbocycles. The van der Waals surface area contributed by atoms with Crippen LogP contribution < -0.4 is 10.1 Å². The normalized spacial score (nSPS) is 11.3. The van der Waals surface area contributed by atoms with E-state index in [1.165, 1.54) is 7.11 Å². The summed E-state index contributed by atoms with van der Waals surface area (Å²) in [7, 11) is 3.34. The number of aromatic hydroxyl groups is 1. The first-order valence-corrected chi connectivity index (χ1v) is 6.80. The molecule has 0 fully saturated rings. The maximum absolute atomic E-state index is 9.91. The number of benzene rings is 1. The number of hydrogen-bond acceptors (Lipinski definition) is 5. The van der Waals surface area contributed by atoms with Gasteiger partial charge < -0.3 is 15.2 Å². The Morgan fingerprint density at radius 2 is 1.86 bits per heavy atom. The summed E-state index contributed by atoms with van der Waals surface area (Å²) in [6, 6.07) is 7.09. The summed E-state index contributed by atoms with van der Waals surface area (Å²) in [5.41, 5.74) is 1.60. The van der Waals surface area contributed by atoms with Gasteiger partial charge in [0.15, 0.2) is 17.3 Å². The lowest BCUT2D eigenvalue weighted by Gasteiger charge is -2.19. The highest BCUT2D eigenvalue weighted by Crippen LogP contribution is 2.31. The second-order valence-electron chi connectivity index (χ2n) is 5.85. The van der Waals surface area contributed by atoms with Crippen LogP contribution in [0.25, 0.3) is 11.4 Å². The van der Waals surface area contributed by atoms with Crippen LogP contribution in [0.15, 0.2) is 24.3 Å². The first-order valence-electron chi connectivity index (χ1n) is 6.80. The van der Waals surface area contributed by atoms with Crippen molar-refractivity contribution in [3.8, 4) is 22.9 Å². The zero-order valence-corrected chi connectivity index (χ0v) is 13.1. The molecule has 112 valence electrons. The smallest absolute Gasteiger partial charge is 0.161 e. The predicted octanol–water partition coefficient (Wildman–Crippen LogP) is 3.20. The Bertz CT molecular complexity index is 648. The molecule has 0 amide bonds. The van der Waals surface area contributed by atoms with Crippen LogP contribution >= 0.6 is 0 Å². The van der Waals surface area contributed by atoms with Crippen LogP contribution in [-0.4, -0.2) is 29.2 Å². The molecule has 0 bridgehead atoms. The van der Waals surface area contributed by atoms with Crippen molar-refractivity contribution >= 4 is 5.82 Å². The second-order valence-corrected chi connectivity index (χ2v) is 5.85. The molecule has 0 radical (unpaired) electrons. The van der Waals surface area contributed by atoms with Gasteiger partial charge in [-0.3, -0.25) is 0 Å². The van der Waals surface area contributed by atoms with E-state index in [9.17, 15) is 5.11 Å². The summed E-state index contributed by atoms with van der Waals surface area (Å²) in [4.78, 5) is 9.07. The van der Waals surface area contributed by atoms with Crippen molar-refractivity contribution < 1.29 is 9.84 Å². The molecule has 0 aliphatic rings. The van der Waals surface area contributed by atoms with E-state index in [-0.39, 0.29) is 11.2 Å². The number of anilines is 1. The van der Waals surface area contributed by atoms with Gasteiger partial charge in [0.05, 0.1) is 12.8 Å². The predicted molar refractivity (Wildman–Crippen MR) is 83.9 cm³/mol. The number of phenols is 1. The summed E-state index contributed by atoms with van der Waals surface area (Å²) in [5, 5.41) is 13.0. The van der Waals surface area contributed by atoms with Crippen molar-refractivity contribution in [2.24, 2.45) is 0 Å². The molecular weight excluding hydrogens is 266 g/mol. The lowest BCUT2D eigenvalue weighted by atomic mass is 9.92. The third-order valence-corrected chi connectivity index (χ3v) is 3.19. The second kappa shape index (κ2) is 5.60. The lowest BCUT2D eigenvalue weighted by molar-refractivity contribution is 0.373. The Labute approximate surface area is 125 Å². The van der Waals surface area contributed by atoms with Crippen LogP contribution in [0, 0.1) is 0 Å². The van der Waals surface area contributed by atoms with Crippen molar-refractivity contribution in [2.75, 3.05) is 19.5 Å². The summed E-state index contributed by atoms with van der Waals surface area (Å²) >= 11 is 0. The molecule has 0 spiro atoms. The molecule has 0 aliphatic carbocycles. The minimum atomic E-state index is -0.0855. The third kappa shape index (κ3) is 3.24. The number of methoxy groups -OCH3 is 1. The van der Waals surface area contributed by atoms with Gasteiger partial charge in [0, 0.05) is 24.1 Å². The number of ether oxygens (including phenoxy) is 1. The number of phenolic OH excluding ortho intramolecular Hbond substituents is 1. The fourth-order valence-corrected chi connectivity index (χ4v) is 1.92. The minimum absolute atomic E-state index is 0.0748. The topological polar surface area (TPSA) is 67.3 Å². The molecule has 0 saturated heterocycles. The molecule has 0 saturated carbocycles. The Balaban J connectivity index is 2.55. The number of rotatable bonds is 3. The summed E-state index contributed by atoms with van der Waals surface area (Å²) in [6.07, 6.45) is 0. The average molecular weight is 287 g/mol. The van der Waals surface area contributed by atoms with E-state index in [0.717, 1.165) is 17.1 Å². The first kappa shape index (κ1) is 15.1. The van der Waals surface area contributed by atoms with Crippen molar-refractivity contribution in [3.63, 3.8) is 0 Å². The van der Waals surface area contributed by atoms with Crippen molar-refractivity contribution in [1.29, 1.82) is 0 Å². The molecule has 2 N–H and O–H groups in total. The van der Waals surface area contributed by atoms with Gasteiger partial charge in [-0.15, -0.1) is 0 Å². The Kier molecular flexibility index (Phi) is 4.02. The van der Waals surface area contributed by atoms with Crippen molar-refractivity contribution in [3.05, 3.63) is 30.0 Å². The number of aromatic nitrogens is 2. The van der Waals surface area contributed by atoms with Crippen molar-refractivity contribution in [2.45, 2.75) is 26.2 Å². The fourth-order valence-electron chi connectivity index (χ4n) is 1.92. The maximum atomic E-state index is 9.91. The highest BCUT2D eigenvalue weighted by atomic mass is 16.5. The Morgan fingerprint density at radius 1 is 1.14 bits per heavy atom. The van der Waals surface area contributed by atoms with Gasteiger partial charge in [-0.2, -0.15) is 0 Å². The maximum Gasteiger partial charge on any atom is 0.161 e. The molecular formula is C16H21N3O2.